The summed E-state index contributed by atoms with van der Waals surface area (Å²) >= 11 is 0. The first-order chi connectivity index (χ1) is 8.19. The van der Waals surface area contributed by atoms with Gasteiger partial charge in [-0.15, -0.1) is 0 Å². The molecule has 0 heterocycles. The second-order valence-corrected chi connectivity index (χ2v) is 4.93. The summed E-state index contributed by atoms with van der Waals surface area (Å²) in [7, 11) is 1.89. The molecular weight excluding hydrogens is 216 g/mol. The zero-order chi connectivity index (χ0) is 12.7. The van der Waals surface area contributed by atoms with E-state index >= 15 is 0 Å². The average Bonchev–Trinajstić information content (AvgIpc) is 2.38. The molecular formula is C13H26N2O2. The van der Waals surface area contributed by atoms with Crippen molar-refractivity contribution in [2.45, 2.75) is 45.1 Å². The van der Waals surface area contributed by atoms with Gasteiger partial charge in [-0.3, -0.25) is 4.79 Å². The molecule has 4 nitrogen and oxygen atoms in total. The van der Waals surface area contributed by atoms with Crippen molar-refractivity contribution in [2.24, 2.45) is 11.7 Å². The second kappa shape index (κ2) is 7.67. The number of likely N-dealkylation sites (N-methyl/N-ethyl adjacent to an activating group) is 1. The summed E-state index contributed by atoms with van der Waals surface area (Å²) < 4.78 is 5.18. The first-order valence-corrected chi connectivity index (χ1v) is 6.72. The number of nitrogens with zero attached hydrogens (tertiary/aromatic N) is 1. The van der Waals surface area contributed by atoms with Crippen LogP contribution in [0.25, 0.3) is 0 Å². The number of hydrogen-bond acceptors (Lipinski definition) is 3. The van der Waals surface area contributed by atoms with E-state index in [9.17, 15) is 4.79 Å². The van der Waals surface area contributed by atoms with Crippen molar-refractivity contribution in [3.63, 3.8) is 0 Å². The lowest BCUT2D eigenvalue weighted by atomic mass is 9.84. The van der Waals surface area contributed by atoms with Gasteiger partial charge in [0.15, 0.2) is 0 Å². The van der Waals surface area contributed by atoms with Crippen molar-refractivity contribution in [3.05, 3.63) is 0 Å². The van der Waals surface area contributed by atoms with Crippen LogP contribution in [0.3, 0.4) is 0 Å². The first-order valence-electron chi connectivity index (χ1n) is 6.72. The molecule has 1 rings (SSSR count). The molecule has 4 heteroatoms. The van der Waals surface area contributed by atoms with Crippen LogP contribution in [-0.4, -0.2) is 43.7 Å². The maximum Gasteiger partial charge on any atom is 0.248 e. The molecule has 0 spiro atoms. The van der Waals surface area contributed by atoms with E-state index in [-0.39, 0.29) is 12.5 Å². The Morgan fingerprint density at radius 2 is 2.00 bits per heavy atom. The fourth-order valence-electron chi connectivity index (χ4n) is 2.49. The molecule has 17 heavy (non-hydrogen) atoms. The van der Waals surface area contributed by atoms with E-state index in [2.05, 4.69) is 6.92 Å². The van der Waals surface area contributed by atoms with Crippen LogP contribution in [0, 0.1) is 5.92 Å². The number of carbonyl (C=O) groups is 1. The zero-order valence-electron chi connectivity index (χ0n) is 11.2. The lowest BCUT2D eigenvalue weighted by Gasteiger charge is -2.34. The van der Waals surface area contributed by atoms with Gasteiger partial charge >= 0.3 is 0 Å². The lowest BCUT2D eigenvalue weighted by molar-refractivity contribution is -0.137. The highest BCUT2D eigenvalue weighted by atomic mass is 16.5. The van der Waals surface area contributed by atoms with E-state index in [1.54, 1.807) is 0 Å². The van der Waals surface area contributed by atoms with Crippen molar-refractivity contribution in [2.75, 3.05) is 26.8 Å². The van der Waals surface area contributed by atoms with E-state index in [1.165, 1.54) is 19.3 Å². The zero-order valence-corrected chi connectivity index (χ0v) is 11.2. The minimum absolute atomic E-state index is 0.0819. The van der Waals surface area contributed by atoms with Crippen LogP contribution >= 0.6 is 0 Å². The molecule has 1 fully saturated rings. The normalized spacial score (nSPS) is 24.6. The number of ether oxygens (including phenoxy) is 1. The Kier molecular flexibility index (Phi) is 6.52. The van der Waals surface area contributed by atoms with Gasteiger partial charge in [0.1, 0.15) is 6.61 Å². The molecule has 0 aromatic rings. The van der Waals surface area contributed by atoms with Gasteiger partial charge in [0.05, 0.1) is 6.61 Å². The highest BCUT2D eigenvalue weighted by Gasteiger charge is 2.25. The summed E-state index contributed by atoms with van der Waals surface area (Å²) in [6.07, 6.45) is 6.05. The molecule has 1 saturated carbocycles. The van der Waals surface area contributed by atoms with Gasteiger partial charge in [-0.25, -0.2) is 0 Å². The summed E-state index contributed by atoms with van der Waals surface area (Å²) in [6, 6.07) is 0.409. The fourth-order valence-corrected chi connectivity index (χ4v) is 2.49. The summed E-state index contributed by atoms with van der Waals surface area (Å²) in [4.78, 5) is 13.7. The number of amides is 1. The molecule has 0 radical (unpaired) electrons. The third-order valence-corrected chi connectivity index (χ3v) is 3.82. The smallest absolute Gasteiger partial charge is 0.248 e. The standard InChI is InChI=1S/C13H26N2O2/c1-3-11-4-6-12(7-5-11)15(2)13(16)10-17-9-8-14/h11-12H,3-10,14H2,1-2H3. The summed E-state index contributed by atoms with van der Waals surface area (Å²) in [5.41, 5.74) is 5.31. The molecule has 0 aromatic heterocycles. The van der Waals surface area contributed by atoms with Gasteiger partial charge in [0.2, 0.25) is 5.91 Å². The number of nitrogens with two attached hydrogens (primary N) is 1. The summed E-state index contributed by atoms with van der Waals surface area (Å²) in [5.74, 6) is 0.946. The van der Waals surface area contributed by atoms with Gasteiger partial charge in [0, 0.05) is 19.6 Å². The topological polar surface area (TPSA) is 55.6 Å². The van der Waals surface area contributed by atoms with Crippen LogP contribution in [0.5, 0.6) is 0 Å². The fraction of sp³-hybridized carbons (Fsp3) is 0.923. The largest absolute Gasteiger partial charge is 0.370 e. The van der Waals surface area contributed by atoms with Crippen molar-refractivity contribution in [1.29, 1.82) is 0 Å². The minimum atomic E-state index is 0.0819. The predicted molar refractivity (Wildman–Crippen MR) is 68.7 cm³/mol. The van der Waals surface area contributed by atoms with Crippen molar-refractivity contribution in [3.8, 4) is 0 Å². The van der Waals surface area contributed by atoms with Crippen LogP contribution in [0.1, 0.15) is 39.0 Å². The quantitative estimate of drug-likeness (QED) is 0.716. The van der Waals surface area contributed by atoms with Gasteiger partial charge < -0.3 is 15.4 Å². The Balaban J connectivity index is 2.27. The minimum Gasteiger partial charge on any atom is -0.370 e. The molecule has 0 bridgehead atoms. The van der Waals surface area contributed by atoms with Gasteiger partial charge in [0.25, 0.3) is 0 Å². The third-order valence-electron chi connectivity index (χ3n) is 3.82. The van der Waals surface area contributed by atoms with Crippen molar-refractivity contribution >= 4 is 5.91 Å². The van der Waals surface area contributed by atoms with Gasteiger partial charge in [-0.2, -0.15) is 0 Å². The maximum atomic E-state index is 11.8. The second-order valence-electron chi connectivity index (χ2n) is 4.93. The maximum absolute atomic E-state index is 11.8. The SMILES string of the molecule is CCC1CCC(N(C)C(=O)COCCN)CC1. The number of hydrogen-bond donors (Lipinski definition) is 1. The Bertz CT molecular complexity index is 225. The molecule has 0 saturated heterocycles. The third kappa shape index (κ3) is 4.64. The van der Waals surface area contributed by atoms with E-state index in [0.717, 1.165) is 18.8 Å². The van der Waals surface area contributed by atoms with Crippen LogP contribution in [0.2, 0.25) is 0 Å². The summed E-state index contributed by atoms with van der Waals surface area (Å²) in [5, 5.41) is 0. The van der Waals surface area contributed by atoms with Crippen LogP contribution < -0.4 is 5.73 Å². The van der Waals surface area contributed by atoms with Crippen LogP contribution in [0.4, 0.5) is 0 Å². The monoisotopic (exact) mass is 242 g/mol. The molecule has 1 amide bonds. The molecule has 2 N–H and O–H groups in total. The number of carbonyl (C=O) groups excluding carboxylic acids is 1. The number of rotatable bonds is 6. The Labute approximate surface area is 104 Å². The molecule has 0 aromatic carbocycles. The van der Waals surface area contributed by atoms with Crippen LogP contribution in [-0.2, 0) is 9.53 Å². The van der Waals surface area contributed by atoms with Crippen LogP contribution in [0.15, 0.2) is 0 Å². The van der Waals surface area contributed by atoms with E-state index < -0.39 is 0 Å². The average molecular weight is 242 g/mol. The van der Waals surface area contributed by atoms with Crippen molar-refractivity contribution < 1.29 is 9.53 Å². The van der Waals surface area contributed by atoms with E-state index in [0.29, 0.717) is 19.2 Å². The van der Waals surface area contributed by atoms with Gasteiger partial charge in [-0.05, 0) is 31.6 Å². The van der Waals surface area contributed by atoms with E-state index in [4.69, 9.17) is 10.5 Å². The molecule has 100 valence electrons. The molecule has 0 atom stereocenters. The Morgan fingerprint density at radius 1 is 1.35 bits per heavy atom. The summed E-state index contributed by atoms with van der Waals surface area (Å²) in [6.45, 7) is 3.35. The first kappa shape index (κ1) is 14.5. The lowest BCUT2D eigenvalue weighted by Crippen LogP contribution is -2.41. The Hall–Kier alpha value is -0.610. The molecule has 1 aliphatic rings. The molecule has 0 unspecified atom stereocenters. The molecule has 0 aliphatic heterocycles. The van der Waals surface area contributed by atoms with Gasteiger partial charge in [-0.1, -0.05) is 13.3 Å². The highest BCUT2D eigenvalue weighted by molar-refractivity contribution is 5.77. The Morgan fingerprint density at radius 3 is 2.53 bits per heavy atom. The van der Waals surface area contributed by atoms with E-state index in [1.807, 2.05) is 11.9 Å². The van der Waals surface area contributed by atoms with Crippen molar-refractivity contribution in [1.82, 2.24) is 4.90 Å². The highest BCUT2D eigenvalue weighted by Crippen LogP contribution is 2.28. The predicted octanol–water partition coefficient (Wildman–Crippen LogP) is 1.39. The molecule has 1 aliphatic carbocycles.